The fourth-order valence-corrected chi connectivity index (χ4v) is 3.78. The van der Waals surface area contributed by atoms with Crippen LogP contribution in [0.1, 0.15) is 37.0 Å². The van der Waals surface area contributed by atoms with Crippen molar-refractivity contribution in [3.63, 3.8) is 0 Å². The predicted octanol–water partition coefficient (Wildman–Crippen LogP) is 4.52. The Kier molecular flexibility index (Phi) is 4.06. The van der Waals surface area contributed by atoms with Crippen molar-refractivity contribution in [1.82, 2.24) is 19.7 Å². The minimum absolute atomic E-state index is 0.0578. The van der Waals surface area contributed by atoms with E-state index in [0.29, 0.717) is 17.0 Å². The van der Waals surface area contributed by atoms with Gasteiger partial charge in [-0.2, -0.15) is 18.4 Å². The summed E-state index contributed by atoms with van der Waals surface area (Å²) < 4.78 is 47.5. The highest BCUT2D eigenvalue weighted by Crippen LogP contribution is 2.59. The van der Waals surface area contributed by atoms with Gasteiger partial charge in [-0.1, -0.05) is 0 Å². The Hall–Kier alpha value is -3.54. The van der Waals surface area contributed by atoms with E-state index in [-0.39, 0.29) is 25.2 Å². The lowest BCUT2D eigenvalue weighted by Crippen LogP contribution is -2.39. The number of hydrogen-bond donors (Lipinski definition) is 1. The first-order valence-electron chi connectivity index (χ1n) is 9.80. The van der Waals surface area contributed by atoms with Crippen molar-refractivity contribution in [2.75, 3.05) is 0 Å². The number of halogens is 3. The minimum atomic E-state index is -4.27. The van der Waals surface area contributed by atoms with Crippen LogP contribution in [0.4, 0.5) is 13.2 Å². The summed E-state index contributed by atoms with van der Waals surface area (Å²) in [7, 11) is 0. The van der Waals surface area contributed by atoms with E-state index in [1.54, 1.807) is 25.3 Å². The summed E-state index contributed by atoms with van der Waals surface area (Å²) in [6.07, 6.45) is 5.86. The molecule has 6 nitrogen and oxygen atoms in total. The monoisotopic (exact) mass is 425 g/mol. The molecule has 3 aromatic rings. The average Bonchev–Trinajstić information content (AvgIpc) is 3.17. The zero-order valence-corrected chi connectivity index (χ0v) is 16.6. The molecule has 1 aliphatic heterocycles. The molecule has 0 aromatic carbocycles. The molecule has 9 heteroatoms. The minimum Gasteiger partial charge on any atom is -0.441 e. The normalized spacial score (nSPS) is 22.4. The lowest BCUT2D eigenvalue weighted by Gasteiger charge is -2.28. The van der Waals surface area contributed by atoms with Gasteiger partial charge in [0.05, 0.1) is 23.4 Å². The maximum absolute atomic E-state index is 13.3. The summed E-state index contributed by atoms with van der Waals surface area (Å²) in [4.78, 5) is 8.40. The van der Waals surface area contributed by atoms with Crippen LogP contribution in [-0.2, 0) is 6.42 Å². The quantitative estimate of drug-likeness (QED) is 0.665. The standard InChI is InChI=1S/C22H18F3N5O/c1-20(13-26)4-2-15(19(29-20)14-3-8-30-9-7-27-17(30)10-14)16-12-28-18(31-16)11-21(5-6-21)22(23,24)25/h2-4,7-10,12,29H,5-6,11H2,1H3. The third kappa shape index (κ3) is 3.28. The van der Waals surface area contributed by atoms with E-state index in [0.717, 1.165) is 11.2 Å². The van der Waals surface area contributed by atoms with Crippen LogP contribution in [0.3, 0.4) is 0 Å². The van der Waals surface area contributed by atoms with E-state index in [2.05, 4.69) is 21.4 Å². The number of nitrogens with zero attached hydrogens (tertiary/aromatic N) is 4. The molecule has 0 saturated heterocycles. The van der Waals surface area contributed by atoms with Gasteiger partial charge in [0.25, 0.3) is 0 Å². The summed E-state index contributed by atoms with van der Waals surface area (Å²) in [5, 5.41) is 12.8. The fourth-order valence-electron chi connectivity index (χ4n) is 3.78. The molecule has 1 N–H and O–H groups in total. The fraction of sp³-hybridized carbons (Fsp3) is 0.318. The molecule has 0 amide bonds. The summed E-state index contributed by atoms with van der Waals surface area (Å²) in [6, 6.07) is 5.95. The van der Waals surface area contributed by atoms with Crippen molar-refractivity contribution in [3.05, 3.63) is 66.3 Å². The topological polar surface area (TPSA) is 79.2 Å². The summed E-state index contributed by atoms with van der Waals surface area (Å²) in [6.45, 7) is 1.74. The molecule has 1 aliphatic carbocycles. The van der Waals surface area contributed by atoms with Crippen LogP contribution >= 0.6 is 0 Å². The van der Waals surface area contributed by atoms with E-state index in [9.17, 15) is 18.4 Å². The molecule has 1 unspecified atom stereocenters. The molecule has 0 spiro atoms. The molecule has 0 bridgehead atoms. The van der Waals surface area contributed by atoms with Crippen LogP contribution in [0.2, 0.25) is 0 Å². The molecular weight excluding hydrogens is 407 g/mol. The van der Waals surface area contributed by atoms with Crippen molar-refractivity contribution in [1.29, 1.82) is 5.26 Å². The van der Waals surface area contributed by atoms with Gasteiger partial charge in [0.15, 0.2) is 11.7 Å². The molecule has 3 aromatic heterocycles. The number of allylic oxidation sites excluding steroid dienone is 2. The molecule has 1 saturated carbocycles. The first kappa shape index (κ1) is 19.4. The van der Waals surface area contributed by atoms with Crippen molar-refractivity contribution in [2.45, 2.75) is 37.9 Å². The van der Waals surface area contributed by atoms with Gasteiger partial charge in [-0.15, -0.1) is 0 Å². The molecule has 4 heterocycles. The van der Waals surface area contributed by atoms with Crippen LogP contribution in [0.5, 0.6) is 0 Å². The molecule has 2 aliphatic rings. The van der Waals surface area contributed by atoms with E-state index in [1.165, 1.54) is 6.20 Å². The number of nitriles is 1. The Balaban J connectivity index is 1.55. The van der Waals surface area contributed by atoms with Gasteiger partial charge in [0.2, 0.25) is 0 Å². The van der Waals surface area contributed by atoms with Crippen LogP contribution < -0.4 is 5.32 Å². The first-order valence-corrected chi connectivity index (χ1v) is 9.80. The summed E-state index contributed by atoms with van der Waals surface area (Å²) in [5.74, 6) is 0.400. The van der Waals surface area contributed by atoms with E-state index in [4.69, 9.17) is 4.42 Å². The van der Waals surface area contributed by atoms with Gasteiger partial charge in [0.1, 0.15) is 11.2 Å². The van der Waals surface area contributed by atoms with E-state index in [1.807, 2.05) is 28.9 Å². The number of imidazole rings is 1. The predicted molar refractivity (Wildman–Crippen MR) is 106 cm³/mol. The number of rotatable bonds is 4. The van der Waals surface area contributed by atoms with Gasteiger partial charge in [-0.05, 0) is 44.1 Å². The van der Waals surface area contributed by atoms with Crippen LogP contribution in [0.15, 0.2) is 53.5 Å². The maximum atomic E-state index is 13.3. The number of nitrogens with one attached hydrogen (secondary N) is 1. The number of oxazole rings is 1. The molecule has 1 fully saturated rings. The zero-order valence-electron chi connectivity index (χ0n) is 16.6. The Bertz CT molecular complexity index is 1270. The van der Waals surface area contributed by atoms with Gasteiger partial charge in [0, 0.05) is 36.1 Å². The Morgan fingerprint density at radius 1 is 1.29 bits per heavy atom. The van der Waals surface area contributed by atoms with Gasteiger partial charge in [-0.3, -0.25) is 0 Å². The molecule has 5 rings (SSSR count). The molecule has 0 radical (unpaired) electrons. The van der Waals surface area contributed by atoms with Crippen molar-refractivity contribution in [2.24, 2.45) is 5.41 Å². The van der Waals surface area contributed by atoms with Gasteiger partial charge >= 0.3 is 6.18 Å². The van der Waals surface area contributed by atoms with Crippen LogP contribution in [-0.4, -0.2) is 26.1 Å². The van der Waals surface area contributed by atoms with Crippen molar-refractivity contribution >= 4 is 16.9 Å². The Labute approximate surface area is 175 Å². The van der Waals surface area contributed by atoms with E-state index >= 15 is 0 Å². The number of dihydropyridines is 1. The Morgan fingerprint density at radius 3 is 2.81 bits per heavy atom. The van der Waals surface area contributed by atoms with Crippen LogP contribution in [0.25, 0.3) is 16.9 Å². The summed E-state index contributed by atoms with van der Waals surface area (Å²) in [5.41, 5.74) is 0.0520. The summed E-state index contributed by atoms with van der Waals surface area (Å²) >= 11 is 0. The average molecular weight is 425 g/mol. The second kappa shape index (κ2) is 6.48. The highest BCUT2D eigenvalue weighted by Gasteiger charge is 2.63. The zero-order chi connectivity index (χ0) is 21.9. The molecule has 158 valence electrons. The van der Waals surface area contributed by atoms with Crippen molar-refractivity contribution in [3.8, 4) is 6.07 Å². The van der Waals surface area contributed by atoms with Gasteiger partial charge in [-0.25, -0.2) is 9.97 Å². The van der Waals surface area contributed by atoms with Crippen molar-refractivity contribution < 1.29 is 17.6 Å². The van der Waals surface area contributed by atoms with Gasteiger partial charge < -0.3 is 14.1 Å². The highest BCUT2D eigenvalue weighted by atomic mass is 19.4. The van der Waals surface area contributed by atoms with Crippen LogP contribution in [0, 0.1) is 16.7 Å². The lowest BCUT2D eigenvalue weighted by atomic mass is 9.93. The smallest absolute Gasteiger partial charge is 0.395 e. The number of fused-ring (bicyclic) bond motifs is 1. The molecular formula is C22H18F3N5O. The molecule has 1 atom stereocenters. The van der Waals surface area contributed by atoms with E-state index < -0.39 is 17.1 Å². The second-order valence-electron chi connectivity index (χ2n) is 8.24. The SMILES string of the molecule is CC1(C#N)C=CC(c2cnc(CC3(C(F)(F)F)CC3)o2)=C(c2ccn3ccnc3c2)N1. The Morgan fingerprint density at radius 2 is 2.10 bits per heavy atom. The number of alkyl halides is 3. The largest absolute Gasteiger partial charge is 0.441 e. The third-order valence-electron chi connectivity index (χ3n) is 5.92. The lowest BCUT2D eigenvalue weighted by molar-refractivity contribution is -0.187. The number of pyridine rings is 1. The second-order valence-corrected chi connectivity index (χ2v) is 8.24. The maximum Gasteiger partial charge on any atom is 0.395 e. The number of aromatic nitrogens is 3. The third-order valence-corrected chi connectivity index (χ3v) is 5.92. The highest BCUT2D eigenvalue weighted by molar-refractivity contribution is 5.95. The number of hydrogen-bond acceptors (Lipinski definition) is 5. The first-order chi connectivity index (χ1) is 14.7. The molecule has 31 heavy (non-hydrogen) atoms.